The molecule has 1 nitrogen and oxygen atoms in total. The third kappa shape index (κ3) is 6.11. The molecule has 0 spiro atoms. The van der Waals surface area contributed by atoms with E-state index in [2.05, 4.69) is 27.4 Å². The molecular formula is C10H21N. The molecule has 0 heterocycles. The first-order valence-electron chi connectivity index (χ1n) is 4.24. The summed E-state index contributed by atoms with van der Waals surface area (Å²) in [5, 5.41) is 0. The van der Waals surface area contributed by atoms with E-state index in [4.69, 9.17) is 5.73 Å². The second-order valence-corrected chi connectivity index (χ2v) is 4.55. The highest BCUT2D eigenvalue weighted by Gasteiger charge is 2.12. The molecule has 0 rings (SSSR count). The molecule has 0 aromatic heterocycles. The molecule has 11 heavy (non-hydrogen) atoms. The lowest BCUT2D eigenvalue weighted by Crippen LogP contribution is -2.22. The summed E-state index contributed by atoms with van der Waals surface area (Å²) < 4.78 is 0. The third-order valence-electron chi connectivity index (χ3n) is 1.84. The Morgan fingerprint density at radius 2 is 1.91 bits per heavy atom. The summed E-state index contributed by atoms with van der Waals surface area (Å²) in [7, 11) is 0. The zero-order valence-corrected chi connectivity index (χ0v) is 8.28. The first kappa shape index (κ1) is 10.7. The SMILES string of the molecule is C=C(C)C(N)CCC(C)(C)C. The highest BCUT2D eigenvalue weighted by atomic mass is 14.6. The van der Waals surface area contributed by atoms with Gasteiger partial charge >= 0.3 is 0 Å². The van der Waals surface area contributed by atoms with Crippen molar-refractivity contribution < 1.29 is 0 Å². The third-order valence-corrected chi connectivity index (χ3v) is 1.84. The van der Waals surface area contributed by atoms with Crippen molar-refractivity contribution >= 4 is 0 Å². The largest absolute Gasteiger partial charge is 0.324 e. The predicted octanol–water partition coefficient (Wildman–Crippen LogP) is 2.72. The van der Waals surface area contributed by atoms with E-state index in [9.17, 15) is 0 Å². The van der Waals surface area contributed by atoms with Crippen LogP contribution in [0, 0.1) is 5.41 Å². The molecule has 66 valence electrons. The number of rotatable bonds is 3. The molecule has 1 heteroatoms. The monoisotopic (exact) mass is 155 g/mol. The Hall–Kier alpha value is -0.300. The van der Waals surface area contributed by atoms with Crippen LogP contribution in [0.25, 0.3) is 0 Å². The van der Waals surface area contributed by atoms with Crippen LogP contribution in [0.1, 0.15) is 40.5 Å². The van der Waals surface area contributed by atoms with Gasteiger partial charge < -0.3 is 5.73 Å². The first-order valence-corrected chi connectivity index (χ1v) is 4.24. The average molecular weight is 155 g/mol. The Kier molecular flexibility index (Phi) is 3.81. The zero-order valence-electron chi connectivity index (χ0n) is 8.28. The van der Waals surface area contributed by atoms with E-state index in [1.54, 1.807) is 0 Å². The molecule has 0 fully saturated rings. The van der Waals surface area contributed by atoms with Crippen LogP contribution in [0.5, 0.6) is 0 Å². The number of nitrogens with two attached hydrogens (primary N) is 1. The molecular weight excluding hydrogens is 134 g/mol. The number of hydrogen-bond acceptors (Lipinski definition) is 1. The molecule has 0 aromatic carbocycles. The fourth-order valence-electron chi connectivity index (χ4n) is 0.835. The van der Waals surface area contributed by atoms with Gasteiger partial charge in [0.15, 0.2) is 0 Å². The zero-order chi connectivity index (χ0) is 9.07. The first-order chi connectivity index (χ1) is 4.83. The van der Waals surface area contributed by atoms with Crippen LogP contribution < -0.4 is 5.73 Å². The fraction of sp³-hybridized carbons (Fsp3) is 0.800. The van der Waals surface area contributed by atoms with Crippen molar-refractivity contribution in [3.8, 4) is 0 Å². The second kappa shape index (κ2) is 3.91. The van der Waals surface area contributed by atoms with Gasteiger partial charge in [-0.15, -0.1) is 0 Å². The summed E-state index contributed by atoms with van der Waals surface area (Å²) >= 11 is 0. The Balaban J connectivity index is 3.63. The maximum atomic E-state index is 5.82. The Bertz CT molecular complexity index is 130. The quantitative estimate of drug-likeness (QED) is 0.623. The van der Waals surface area contributed by atoms with Gasteiger partial charge in [-0.3, -0.25) is 0 Å². The van der Waals surface area contributed by atoms with Crippen molar-refractivity contribution in [3.63, 3.8) is 0 Å². The Morgan fingerprint density at radius 3 is 2.18 bits per heavy atom. The van der Waals surface area contributed by atoms with Gasteiger partial charge in [-0.2, -0.15) is 0 Å². The van der Waals surface area contributed by atoms with Crippen molar-refractivity contribution in [2.24, 2.45) is 11.1 Å². The molecule has 1 atom stereocenters. The van der Waals surface area contributed by atoms with Crippen molar-refractivity contribution in [2.75, 3.05) is 0 Å². The lowest BCUT2D eigenvalue weighted by Gasteiger charge is -2.20. The molecule has 0 aliphatic heterocycles. The highest BCUT2D eigenvalue weighted by Crippen LogP contribution is 2.22. The summed E-state index contributed by atoms with van der Waals surface area (Å²) in [5.41, 5.74) is 7.31. The van der Waals surface area contributed by atoms with Gasteiger partial charge in [0.2, 0.25) is 0 Å². The molecule has 0 saturated heterocycles. The van der Waals surface area contributed by atoms with E-state index in [1.807, 2.05) is 6.92 Å². The lowest BCUT2D eigenvalue weighted by atomic mass is 9.88. The van der Waals surface area contributed by atoms with Crippen LogP contribution in [-0.2, 0) is 0 Å². The van der Waals surface area contributed by atoms with Gasteiger partial charge in [0.25, 0.3) is 0 Å². The molecule has 0 aliphatic carbocycles. The summed E-state index contributed by atoms with van der Waals surface area (Å²) in [6.45, 7) is 12.5. The standard InChI is InChI=1S/C10H21N/c1-8(2)9(11)6-7-10(3,4)5/h9H,1,6-7,11H2,2-5H3. The van der Waals surface area contributed by atoms with Crippen molar-refractivity contribution in [2.45, 2.75) is 46.6 Å². The molecule has 1 unspecified atom stereocenters. The van der Waals surface area contributed by atoms with Gasteiger partial charge in [0, 0.05) is 6.04 Å². The van der Waals surface area contributed by atoms with Crippen LogP contribution in [0.15, 0.2) is 12.2 Å². The summed E-state index contributed by atoms with van der Waals surface area (Å²) in [6, 6.07) is 0.189. The maximum absolute atomic E-state index is 5.82. The normalized spacial score (nSPS) is 14.6. The summed E-state index contributed by atoms with van der Waals surface area (Å²) in [5.74, 6) is 0. The van der Waals surface area contributed by atoms with Gasteiger partial charge in [-0.25, -0.2) is 0 Å². The summed E-state index contributed by atoms with van der Waals surface area (Å²) in [6.07, 6.45) is 2.22. The van der Waals surface area contributed by atoms with E-state index < -0.39 is 0 Å². The van der Waals surface area contributed by atoms with Crippen LogP contribution in [0.3, 0.4) is 0 Å². The minimum atomic E-state index is 0.189. The molecule has 0 radical (unpaired) electrons. The maximum Gasteiger partial charge on any atom is 0.0248 e. The number of hydrogen-bond donors (Lipinski definition) is 1. The van der Waals surface area contributed by atoms with E-state index in [0.29, 0.717) is 5.41 Å². The van der Waals surface area contributed by atoms with Crippen molar-refractivity contribution in [1.29, 1.82) is 0 Å². The van der Waals surface area contributed by atoms with Crippen LogP contribution in [0.2, 0.25) is 0 Å². The Morgan fingerprint density at radius 1 is 1.45 bits per heavy atom. The van der Waals surface area contributed by atoms with Crippen LogP contribution in [0.4, 0.5) is 0 Å². The molecule has 0 bridgehead atoms. The highest BCUT2D eigenvalue weighted by molar-refractivity contribution is 4.99. The topological polar surface area (TPSA) is 26.0 Å². The van der Waals surface area contributed by atoms with Gasteiger partial charge in [-0.05, 0) is 25.2 Å². The van der Waals surface area contributed by atoms with E-state index in [0.717, 1.165) is 12.0 Å². The minimum Gasteiger partial charge on any atom is -0.324 e. The van der Waals surface area contributed by atoms with Gasteiger partial charge in [0.1, 0.15) is 0 Å². The minimum absolute atomic E-state index is 0.189. The molecule has 0 amide bonds. The van der Waals surface area contributed by atoms with Crippen molar-refractivity contribution in [1.82, 2.24) is 0 Å². The molecule has 0 aliphatic rings. The predicted molar refractivity (Wildman–Crippen MR) is 51.5 cm³/mol. The molecule has 2 N–H and O–H groups in total. The van der Waals surface area contributed by atoms with Gasteiger partial charge in [0.05, 0.1) is 0 Å². The van der Waals surface area contributed by atoms with E-state index >= 15 is 0 Å². The van der Waals surface area contributed by atoms with Crippen LogP contribution >= 0.6 is 0 Å². The molecule has 0 aromatic rings. The smallest absolute Gasteiger partial charge is 0.0248 e. The van der Waals surface area contributed by atoms with E-state index in [1.165, 1.54) is 6.42 Å². The second-order valence-electron chi connectivity index (χ2n) is 4.55. The lowest BCUT2D eigenvalue weighted by molar-refractivity contribution is 0.356. The molecule has 0 saturated carbocycles. The fourth-order valence-corrected chi connectivity index (χ4v) is 0.835. The van der Waals surface area contributed by atoms with Gasteiger partial charge in [-0.1, -0.05) is 32.9 Å². The van der Waals surface area contributed by atoms with E-state index in [-0.39, 0.29) is 6.04 Å². The summed E-state index contributed by atoms with van der Waals surface area (Å²) in [4.78, 5) is 0. The van der Waals surface area contributed by atoms with Crippen molar-refractivity contribution in [3.05, 3.63) is 12.2 Å². The van der Waals surface area contributed by atoms with Crippen LogP contribution in [-0.4, -0.2) is 6.04 Å². The Labute approximate surface area is 70.7 Å². The average Bonchev–Trinajstić information content (AvgIpc) is 1.80.